The molecule has 2 nitrogen and oxygen atoms in total. The van der Waals surface area contributed by atoms with Gasteiger partial charge in [-0.15, -0.1) is 0 Å². The zero-order valence-corrected chi connectivity index (χ0v) is 12.6. The quantitative estimate of drug-likeness (QED) is 0.829. The molecule has 3 heteroatoms. The molecule has 0 amide bonds. The maximum Gasteiger partial charge on any atom is 0.0212 e. The molecule has 0 radical (unpaired) electrons. The summed E-state index contributed by atoms with van der Waals surface area (Å²) in [6.45, 7) is 6.44. The lowest BCUT2D eigenvalue weighted by Gasteiger charge is -2.44. The molecule has 104 valence electrons. The van der Waals surface area contributed by atoms with Gasteiger partial charge in [0.2, 0.25) is 0 Å². The van der Waals surface area contributed by atoms with Gasteiger partial charge in [0, 0.05) is 23.9 Å². The van der Waals surface area contributed by atoms with Crippen LogP contribution in [-0.4, -0.2) is 47.6 Å². The molecule has 0 aromatic rings. The second-order valence-corrected chi connectivity index (χ2v) is 7.87. The number of nitrogens with one attached hydrogen (secondary N) is 1. The third kappa shape index (κ3) is 2.88. The van der Waals surface area contributed by atoms with Crippen molar-refractivity contribution in [3.8, 4) is 0 Å². The topological polar surface area (TPSA) is 15.3 Å². The first-order valence-corrected chi connectivity index (χ1v) is 8.98. The van der Waals surface area contributed by atoms with Gasteiger partial charge in [-0.2, -0.15) is 11.8 Å². The summed E-state index contributed by atoms with van der Waals surface area (Å²) in [5, 5.41) is 4.58. The van der Waals surface area contributed by atoms with Crippen molar-refractivity contribution in [1.29, 1.82) is 0 Å². The minimum Gasteiger partial charge on any atom is -0.314 e. The largest absolute Gasteiger partial charge is 0.314 e. The molecule has 0 saturated carbocycles. The fraction of sp³-hybridized carbons (Fsp3) is 1.00. The van der Waals surface area contributed by atoms with E-state index in [1.807, 2.05) is 0 Å². The minimum absolute atomic E-state index is 0.833. The Morgan fingerprint density at radius 1 is 1.11 bits per heavy atom. The van der Waals surface area contributed by atoms with Gasteiger partial charge in [-0.05, 0) is 63.3 Å². The number of hydrogen-bond acceptors (Lipinski definition) is 3. The van der Waals surface area contributed by atoms with Crippen LogP contribution in [0, 0.1) is 5.92 Å². The molecule has 0 aliphatic carbocycles. The van der Waals surface area contributed by atoms with Crippen molar-refractivity contribution in [2.75, 3.05) is 25.4 Å². The monoisotopic (exact) mass is 268 g/mol. The standard InChI is InChI=1S/C15H28N2S/c1-12-15(7-4-10-18-12)17-9-3-5-13(11-17)14-6-2-8-16-14/h12-16H,2-11H2,1H3. The van der Waals surface area contributed by atoms with Crippen LogP contribution in [0.15, 0.2) is 0 Å². The highest BCUT2D eigenvalue weighted by Gasteiger charge is 2.34. The summed E-state index contributed by atoms with van der Waals surface area (Å²) in [6.07, 6.45) is 8.59. The molecule has 18 heavy (non-hydrogen) atoms. The molecule has 4 atom stereocenters. The fourth-order valence-electron chi connectivity index (χ4n) is 4.17. The summed E-state index contributed by atoms with van der Waals surface area (Å²) >= 11 is 2.20. The summed E-state index contributed by atoms with van der Waals surface area (Å²) < 4.78 is 0. The molecular weight excluding hydrogens is 240 g/mol. The first-order chi connectivity index (χ1) is 8.84. The lowest BCUT2D eigenvalue weighted by Crippen LogP contribution is -2.51. The van der Waals surface area contributed by atoms with Crippen molar-refractivity contribution in [3.05, 3.63) is 0 Å². The van der Waals surface area contributed by atoms with E-state index in [4.69, 9.17) is 0 Å². The van der Waals surface area contributed by atoms with Crippen molar-refractivity contribution in [3.63, 3.8) is 0 Å². The summed E-state index contributed by atoms with van der Waals surface area (Å²) in [7, 11) is 0. The summed E-state index contributed by atoms with van der Waals surface area (Å²) in [6, 6.07) is 1.70. The van der Waals surface area contributed by atoms with E-state index in [0.717, 1.165) is 23.3 Å². The zero-order chi connectivity index (χ0) is 12.4. The molecule has 0 spiro atoms. The highest BCUT2D eigenvalue weighted by Crippen LogP contribution is 2.33. The number of nitrogens with zero attached hydrogens (tertiary/aromatic N) is 1. The van der Waals surface area contributed by atoms with Gasteiger partial charge in [0.15, 0.2) is 0 Å². The molecule has 0 aromatic carbocycles. The van der Waals surface area contributed by atoms with E-state index in [-0.39, 0.29) is 0 Å². The Kier molecular flexibility index (Phi) is 4.53. The number of piperidine rings is 1. The molecule has 0 bridgehead atoms. The lowest BCUT2D eigenvalue weighted by atomic mass is 9.88. The van der Waals surface area contributed by atoms with Crippen molar-refractivity contribution in [2.24, 2.45) is 5.92 Å². The zero-order valence-electron chi connectivity index (χ0n) is 11.7. The molecule has 0 aromatic heterocycles. The second kappa shape index (κ2) is 6.15. The van der Waals surface area contributed by atoms with Crippen LogP contribution < -0.4 is 5.32 Å². The molecule has 3 saturated heterocycles. The Balaban J connectivity index is 1.58. The third-order valence-corrected chi connectivity index (χ3v) is 6.56. The van der Waals surface area contributed by atoms with Gasteiger partial charge >= 0.3 is 0 Å². The minimum atomic E-state index is 0.833. The van der Waals surface area contributed by atoms with Gasteiger partial charge in [-0.25, -0.2) is 0 Å². The maximum absolute atomic E-state index is 3.73. The van der Waals surface area contributed by atoms with E-state index < -0.39 is 0 Å². The van der Waals surface area contributed by atoms with Crippen LogP contribution >= 0.6 is 11.8 Å². The molecule has 1 N–H and O–H groups in total. The molecule has 3 aliphatic heterocycles. The smallest absolute Gasteiger partial charge is 0.0212 e. The number of likely N-dealkylation sites (tertiary alicyclic amines) is 1. The predicted octanol–water partition coefficient (Wildman–Crippen LogP) is 2.73. The normalized spacial score (nSPS) is 43.2. The predicted molar refractivity (Wildman–Crippen MR) is 80.3 cm³/mol. The molecule has 3 rings (SSSR count). The van der Waals surface area contributed by atoms with Gasteiger partial charge in [0.25, 0.3) is 0 Å². The first kappa shape index (κ1) is 13.3. The summed E-state index contributed by atoms with van der Waals surface area (Å²) in [4.78, 5) is 2.84. The number of hydrogen-bond donors (Lipinski definition) is 1. The molecule has 3 fully saturated rings. The SMILES string of the molecule is CC1SCCCC1N1CCCC(C2CCCN2)C1. The van der Waals surface area contributed by atoms with Crippen LogP contribution in [0.5, 0.6) is 0 Å². The van der Waals surface area contributed by atoms with Crippen molar-refractivity contribution in [2.45, 2.75) is 62.8 Å². The van der Waals surface area contributed by atoms with Gasteiger partial charge < -0.3 is 5.32 Å². The highest BCUT2D eigenvalue weighted by atomic mass is 32.2. The molecule has 3 aliphatic rings. The summed E-state index contributed by atoms with van der Waals surface area (Å²) in [5.41, 5.74) is 0. The first-order valence-electron chi connectivity index (χ1n) is 7.93. The number of rotatable bonds is 2. The Morgan fingerprint density at radius 3 is 2.83 bits per heavy atom. The van der Waals surface area contributed by atoms with Gasteiger partial charge in [0.1, 0.15) is 0 Å². The van der Waals surface area contributed by atoms with Gasteiger partial charge in [-0.3, -0.25) is 4.90 Å². The molecule has 4 unspecified atom stereocenters. The van der Waals surface area contributed by atoms with Crippen LogP contribution in [-0.2, 0) is 0 Å². The van der Waals surface area contributed by atoms with Crippen LogP contribution in [0.25, 0.3) is 0 Å². The van der Waals surface area contributed by atoms with E-state index in [2.05, 4.69) is 28.9 Å². The Labute approximate surface area is 116 Å². The average molecular weight is 268 g/mol. The Morgan fingerprint density at radius 2 is 2.06 bits per heavy atom. The average Bonchev–Trinajstić information content (AvgIpc) is 2.93. The highest BCUT2D eigenvalue weighted by molar-refractivity contribution is 7.99. The van der Waals surface area contributed by atoms with Crippen LogP contribution in [0.2, 0.25) is 0 Å². The Bertz CT molecular complexity index is 265. The third-order valence-electron chi connectivity index (χ3n) is 5.19. The van der Waals surface area contributed by atoms with Crippen LogP contribution in [0.3, 0.4) is 0 Å². The second-order valence-electron chi connectivity index (χ2n) is 6.39. The van der Waals surface area contributed by atoms with E-state index in [9.17, 15) is 0 Å². The van der Waals surface area contributed by atoms with E-state index in [0.29, 0.717) is 0 Å². The van der Waals surface area contributed by atoms with Crippen LogP contribution in [0.1, 0.15) is 45.4 Å². The van der Waals surface area contributed by atoms with Crippen molar-refractivity contribution in [1.82, 2.24) is 10.2 Å². The van der Waals surface area contributed by atoms with Crippen molar-refractivity contribution >= 4 is 11.8 Å². The van der Waals surface area contributed by atoms with Crippen molar-refractivity contribution < 1.29 is 0 Å². The van der Waals surface area contributed by atoms with E-state index in [1.54, 1.807) is 0 Å². The fourth-order valence-corrected chi connectivity index (χ4v) is 5.41. The Hall–Kier alpha value is 0.270. The summed E-state index contributed by atoms with van der Waals surface area (Å²) in [5.74, 6) is 2.32. The van der Waals surface area contributed by atoms with Crippen LogP contribution in [0.4, 0.5) is 0 Å². The lowest BCUT2D eigenvalue weighted by molar-refractivity contribution is 0.100. The molecule has 3 heterocycles. The van der Waals surface area contributed by atoms with E-state index >= 15 is 0 Å². The number of thioether (sulfide) groups is 1. The van der Waals surface area contributed by atoms with Gasteiger partial charge in [0.05, 0.1) is 0 Å². The maximum atomic E-state index is 3.73. The molecular formula is C15H28N2S. The van der Waals surface area contributed by atoms with E-state index in [1.165, 1.54) is 63.9 Å². The van der Waals surface area contributed by atoms with Gasteiger partial charge in [-0.1, -0.05) is 6.92 Å².